The zero-order valence-corrected chi connectivity index (χ0v) is 15.2. The highest BCUT2D eigenvalue weighted by Crippen LogP contribution is 2.24. The topological polar surface area (TPSA) is 84.2 Å². The summed E-state index contributed by atoms with van der Waals surface area (Å²) in [5.74, 6) is -0.659. The van der Waals surface area contributed by atoms with E-state index in [1.54, 1.807) is 12.1 Å². The van der Waals surface area contributed by atoms with Crippen LogP contribution in [0.3, 0.4) is 0 Å². The molecule has 2 aromatic heterocycles. The van der Waals surface area contributed by atoms with Gasteiger partial charge in [0.2, 0.25) is 5.91 Å². The Morgan fingerprint density at radius 3 is 2.54 bits per heavy atom. The molecular weight excluding hydrogens is 350 g/mol. The molecule has 0 radical (unpaired) electrons. The molecule has 26 heavy (non-hydrogen) atoms. The van der Waals surface area contributed by atoms with Crippen molar-refractivity contribution >= 4 is 28.3 Å². The van der Waals surface area contributed by atoms with Crippen LogP contribution >= 0.6 is 11.3 Å². The summed E-state index contributed by atoms with van der Waals surface area (Å²) in [4.78, 5) is 29.2. The maximum absolute atomic E-state index is 12.6. The molecule has 0 saturated carbocycles. The Bertz CT molecular complexity index is 873. The van der Waals surface area contributed by atoms with Crippen LogP contribution in [-0.4, -0.2) is 22.8 Å². The highest BCUT2D eigenvalue weighted by Gasteiger charge is 2.26. The molecule has 6 nitrogen and oxygen atoms in total. The van der Waals surface area contributed by atoms with E-state index in [2.05, 4.69) is 15.6 Å². The zero-order valence-electron chi connectivity index (χ0n) is 14.4. The van der Waals surface area contributed by atoms with E-state index >= 15 is 0 Å². The van der Waals surface area contributed by atoms with E-state index < -0.39 is 11.9 Å². The second kappa shape index (κ2) is 7.97. The summed E-state index contributed by atoms with van der Waals surface area (Å²) in [7, 11) is 0. The van der Waals surface area contributed by atoms with Crippen molar-refractivity contribution < 1.29 is 14.0 Å². The first-order valence-electron chi connectivity index (χ1n) is 8.21. The van der Waals surface area contributed by atoms with Crippen molar-refractivity contribution in [3.05, 3.63) is 59.9 Å². The third-order valence-electron chi connectivity index (χ3n) is 3.78. The first-order valence-corrected chi connectivity index (χ1v) is 9.08. The summed E-state index contributed by atoms with van der Waals surface area (Å²) in [5, 5.41) is 7.87. The quantitative estimate of drug-likeness (QED) is 0.692. The highest BCUT2D eigenvalue weighted by molar-refractivity contribution is 7.14. The largest absolute Gasteiger partial charge is 0.459 e. The van der Waals surface area contributed by atoms with Crippen molar-refractivity contribution in [1.82, 2.24) is 10.3 Å². The molecule has 134 valence electrons. The molecule has 1 atom stereocenters. The molecule has 2 heterocycles. The lowest BCUT2D eigenvalue weighted by Gasteiger charge is -2.20. The van der Waals surface area contributed by atoms with Gasteiger partial charge >= 0.3 is 0 Å². The van der Waals surface area contributed by atoms with Crippen LogP contribution < -0.4 is 10.6 Å². The monoisotopic (exact) mass is 369 g/mol. The number of hydrogen-bond donors (Lipinski definition) is 2. The molecule has 1 aromatic carbocycles. The van der Waals surface area contributed by atoms with Gasteiger partial charge in [-0.05, 0) is 18.1 Å². The number of aromatic nitrogens is 1. The van der Waals surface area contributed by atoms with Crippen LogP contribution in [0.1, 0.15) is 24.4 Å². The maximum atomic E-state index is 12.6. The lowest BCUT2D eigenvalue weighted by Crippen LogP contribution is -2.47. The molecule has 0 fully saturated rings. The number of hydrogen-bond acceptors (Lipinski definition) is 5. The fourth-order valence-corrected chi connectivity index (χ4v) is 3.13. The Morgan fingerprint density at radius 2 is 1.88 bits per heavy atom. The van der Waals surface area contributed by atoms with Crippen LogP contribution in [0.4, 0.5) is 5.13 Å². The average molecular weight is 369 g/mol. The van der Waals surface area contributed by atoms with Crippen LogP contribution in [0.2, 0.25) is 0 Å². The number of amides is 2. The average Bonchev–Trinajstić information content (AvgIpc) is 3.32. The summed E-state index contributed by atoms with van der Waals surface area (Å²) in [5.41, 5.74) is 1.78. The van der Waals surface area contributed by atoms with Crippen LogP contribution in [0.15, 0.2) is 58.5 Å². The molecule has 2 amide bonds. The minimum absolute atomic E-state index is 0.0949. The van der Waals surface area contributed by atoms with Crippen molar-refractivity contribution in [2.45, 2.75) is 19.9 Å². The number of furan rings is 1. The second-order valence-corrected chi connectivity index (χ2v) is 6.92. The zero-order chi connectivity index (χ0) is 18.5. The van der Waals surface area contributed by atoms with E-state index in [9.17, 15) is 9.59 Å². The first kappa shape index (κ1) is 17.9. The minimum Gasteiger partial charge on any atom is -0.459 e. The molecule has 0 spiro atoms. The number of thiazole rings is 1. The number of nitrogens with zero attached hydrogens (tertiary/aromatic N) is 1. The SMILES string of the molecule is CC(C)C(NC(=O)c1ccco1)C(=O)Nc1nc(-c2ccccc2)cs1. The van der Waals surface area contributed by atoms with E-state index in [0.717, 1.165) is 11.3 Å². The minimum atomic E-state index is -0.698. The summed E-state index contributed by atoms with van der Waals surface area (Å²) >= 11 is 1.34. The standard InChI is InChI=1S/C19H19N3O3S/c1-12(2)16(21-17(23)15-9-6-10-25-15)18(24)22-19-20-14(11-26-19)13-7-4-3-5-8-13/h3-12,16H,1-2H3,(H,21,23)(H,20,22,24). The van der Waals surface area contributed by atoms with Crippen LogP contribution in [0, 0.1) is 5.92 Å². The van der Waals surface area contributed by atoms with Gasteiger partial charge in [0.05, 0.1) is 12.0 Å². The number of carbonyl (C=O) groups is 2. The van der Waals surface area contributed by atoms with Gasteiger partial charge in [0.1, 0.15) is 6.04 Å². The number of rotatable bonds is 6. The van der Waals surface area contributed by atoms with E-state index in [1.807, 2.05) is 49.6 Å². The van der Waals surface area contributed by atoms with Crippen LogP contribution in [-0.2, 0) is 4.79 Å². The van der Waals surface area contributed by atoms with Gasteiger partial charge in [0.25, 0.3) is 5.91 Å². The van der Waals surface area contributed by atoms with Gasteiger partial charge in [-0.3, -0.25) is 9.59 Å². The van der Waals surface area contributed by atoms with Gasteiger partial charge in [-0.25, -0.2) is 4.98 Å². The molecule has 2 N–H and O–H groups in total. The van der Waals surface area contributed by atoms with Gasteiger partial charge in [0, 0.05) is 10.9 Å². The molecule has 0 aliphatic rings. The normalized spacial score (nSPS) is 12.0. The van der Waals surface area contributed by atoms with Crippen molar-refractivity contribution in [3.63, 3.8) is 0 Å². The van der Waals surface area contributed by atoms with Crippen molar-refractivity contribution in [3.8, 4) is 11.3 Å². The van der Waals surface area contributed by atoms with Gasteiger partial charge < -0.3 is 15.1 Å². The Morgan fingerprint density at radius 1 is 1.12 bits per heavy atom. The summed E-state index contributed by atoms with van der Waals surface area (Å²) in [6.45, 7) is 3.73. The predicted octanol–water partition coefficient (Wildman–Crippen LogP) is 3.80. The number of anilines is 1. The molecule has 0 saturated heterocycles. The molecule has 1 unspecified atom stereocenters. The molecular formula is C19H19N3O3S. The fraction of sp³-hybridized carbons (Fsp3) is 0.211. The van der Waals surface area contributed by atoms with E-state index in [4.69, 9.17) is 4.42 Å². The summed E-state index contributed by atoms with van der Waals surface area (Å²) in [6, 6.07) is 12.2. The number of nitrogens with one attached hydrogen (secondary N) is 2. The van der Waals surface area contributed by atoms with Crippen LogP contribution in [0.5, 0.6) is 0 Å². The van der Waals surface area contributed by atoms with E-state index in [1.165, 1.54) is 17.6 Å². The van der Waals surface area contributed by atoms with Crippen molar-refractivity contribution in [2.75, 3.05) is 5.32 Å². The second-order valence-electron chi connectivity index (χ2n) is 6.07. The van der Waals surface area contributed by atoms with E-state index in [-0.39, 0.29) is 17.6 Å². The predicted molar refractivity (Wildman–Crippen MR) is 101 cm³/mol. The number of benzene rings is 1. The molecule has 3 aromatic rings. The molecule has 7 heteroatoms. The third kappa shape index (κ3) is 4.18. The van der Waals surface area contributed by atoms with Crippen molar-refractivity contribution in [1.29, 1.82) is 0 Å². The van der Waals surface area contributed by atoms with Gasteiger partial charge in [-0.1, -0.05) is 44.2 Å². The van der Waals surface area contributed by atoms with Crippen LogP contribution in [0.25, 0.3) is 11.3 Å². The highest BCUT2D eigenvalue weighted by atomic mass is 32.1. The van der Waals surface area contributed by atoms with Gasteiger partial charge in [0.15, 0.2) is 10.9 Å². The maximum Gasteiger partial charge on any atom is 0.287 e. The molecule has 0 aliphatic heterocycles. The smallest absolute Gasteiger partial charge is 0.287 e. The Kier molecular flexibility index (Phi) is 5.48. The summed E-state index contributed by atoms with van der Waals surface area (Å²) < 4.78 is 5.07. The molecule has 0 aliphatic carbocycles. The molecule has 3 rings (SSSR count). The van der Waals surface area contributed by atoms with Crippen molar-refractivity contribution in [2.24, 2.45) is 5.92 Å². The lowest BCUT2D eigenvalue weighted by molar-refractivity contribution is -0.118. The fourth-order valence-electron chi connectivity index (χ4n) is 2.41. The third-order valence-corrected chi connectivity index (χ3v) is 4.54. The van der Waals surface area contributed by atoms with E-state index in [0.29, 0.717) is 5.13 Å². The number of carbonyl (C=O) groups excluding carboxylic acids is 2. The Hall–Kier alpha value is -2.93. The van der Waals surface area contributed by atoms with Gasteiger partial charge in [-0.2, -0.15) is 0 Å². The Balaban J connectivity index is 1.68. The summed E-state index contributed by atoms with van der Waals surface area (Å²) in [6.07, 6.45) is 1.42. The lowest BCUT2D eigenvalue weighted by atomic mass is 10.0. The first-order chi connectivity index (χ1) is 12.5. The van der Waals surface area contributed by atoms with Gasteiger partial charge in [-0.15, -0.1) is 11.3 Å². The Labute approximate surface area is 155 Å². The molecule has 0 bridgehead atoms.